The van der Waals surface area contributed by atoms with E-state index in [9.17, 15) is 14.9 Å². The van der Waals surface area contributed by atoms with Crippen molar-refractivity contribution >= 4 is 40.0 Å². The number of anilines is 1. The van der Waals surface area contributed by atoms with Crippen LogP contribution in [0.1, 0.15) is 12.5 Å². The molecule has 0 fully saturated rings. The lowest BCUT2D eigenvalue weighted by Crippen LogP contribution is -2.25. The first-order valence-corrected chi connectivity index (χ1v) is 11.4. The number of carbonyl (C=O) groups is 1. The highest BCUT2D eigenvalue weighted by Crippen LogP contribution is 2.33. The van der Waals surface area contributed by atoms with Gasteiger partial charge in [-0.1, -0.05) is 12.1 Å². The highest BCUT2D eigenvalue weighted by molar-refractivity contribution is 7.07. The zero-order valence-corrected chi connectivity index (χ0v) is 19.2. The molecule has 174 valence electrons. The van der Waals surface area contributed by atoms with Crippen molar-refractivity contribution in [2.45, 2.75) is 6.92 Å². The number of carbonyl (C=O) groups excluding carboxylic acids is 1. The van der Waals surface area contributed by atoms with Gasteiger partial charge in [0.1, 0.15) is 5.75 Å². The van der Waals surface area contributed by atoms with Crippen molar-refractivity contribution in [1.82, 2.24) is 9.66 Å². The second-order valence-electron chi connectivity index (χ2n) is 7.58. The molecule has 3 heterocycles. The number of nitrogens with one attached hydrogen (secondary N) is 1. The first kappa shape index (κ1) is 22.2. The molecule has 1 amide bonds. The fourth-order valence-electron chi connectivity index (χ4n) is 3.50. The molecule has 0 bridgehead atoms. The van der Waals surface area contributed by atoms with Crippen LogP contribution in [0.3, 0.4) is 0 Å². The van der Waals surface area contributed by atoms with E-state index in [-0.39, 0.29) is 18.2 Å². The third kappa shape index (κ3) is 4.70. The van der Waals surface area contributed by atoms with E-state index < -0.39 is 4.92 Å². The number of nitro benzene ring substituents is 1. The van der Waals surface area contributed by atoms with Gasteiger partial charge in [-0.15, -0.1) is 11.3 Å². The minimum atomic E-state index is -0.438. The Morgan fingerprint density at radius 1 is 1.23 bits per heavy atom. The Morgan fingerprint density at radius 3 is 2.91 bits per heavy atom. The van der Waals surface area contributed by atoms with Gasteiger partial charge in [0.25, 0.3) is 11.6 Å². The fourth-order valence-corrected chi connectivity index (χ4v) is 4.35. The minimum Gasteiger partial charge on any atom is -0.482 e. The van der Waals surface area contributed by atoms with Crippen LogP contribution in [0.4, 0.5) is 17.1 Å². The quantitative estimate of drug-likeness (QED) is 0.255. The highest BCUT2D eigenvalue weighted by atomic mass is 32.1. The highest BCUT2D eigenvalue weighted by Gasteiger charge is 2.18. The summed E-state index contributed by atoms with van der Waals surface area (Å²) in [6.45, 7) is 1.76. The molecule has 1 N–H and O–H groups in total. The summed E-state index contributed by atoms with van der Waals surface area (Å²) < 4.78 is 7.15. The first-order chi connectivity index (χ1) is 17.0. The third-order valence-electron chi connectivity index (χ3n) is 5.19. The Balaban J connectivity index is 1.66. The van der Waals surface area contributed by atoms with Crippen LogP contribution in [-0.2, 0) is 4.79 Å². The fraction of sp³-hybridized carbons (Fsp3) is 0.0833. The Kier molecular flexibility index (Phi) is 5.90. The summed E-state index contributed by atoms with van der Waals surface area (Å²) in [7, 11) is 0. The van der Waals surface area contributed by atoms with Crippen LogP contribution in [-0.4, -0.2) is 32.8 Å². The van der Waals surface area contributed by atoms with E-state index in [0.717, 1.165) is 11.3 Å². The van der Waals surface area contributed by atoms with E-state index in [2.05, 4.69) is 15.3 Å². The summed E-state index contributed by atoms with van der Waals surface area (Å²) in [5, 5.41) is 20.7. The Morgan fingerprint density at radius 2 is 2.11 bits per heavy atom. The molecule has 2 aromatic heterocycles. The standard InChI is InChI=1S/C24H18N6O4S/c1-15(16-4-2-6-19(10-16)30(32)33)28-29-21(14-35-24(29)26-18-5-3-9-25-12-18)17-7-8-22-20(11-17)27-23(31)13-34-22/h2-12,14H,13H2,1H3,(H,27,31). The number of ether oxygens (including phenoxy) is 1. The number of rotatable bonds is 5. The number of non-ortho nitro benzene ring substituents is 1. The van der Waals surface area contributed by atoms with Crippen LogP contribution in [0.25, 0.3) is 11.3 Å². The second kappa shape index (κ2) is 9.31. The SMILES string of the molecule is CC(=Nn1c(-c2ccc3c(c2)NC(=O)CO3)csc1=Nc1cccnc1)c1cccc([N+](=O)[O-])c1. The molecule has 0 radical (unpaired) electrons. The lowest BCUT2D eigenvalue weighted by molar-refractivity contribution is -0.384. The normalized spacial score (nSPS) is 13.7. The monoisotopic (exact) mass is 486 g/mol. The lowest BCUT2D eigenvalue weighted by Gasteiger charge is -2.18. The second-order valence-corrected chi connectivity index (χ2v) is 8.42. The number of nitro groups is 1. The molecule has 0 aliphatic carbocycles. The molecule has 0 atom stereocenters. The van der Waals surface area contributed by atoms with Gasteiger partial charge < -0.3 is 10.1 Å². The number of thiazole rings is 1. The van der Waals surface area contributed by atoms with Crippen molar-refractivity contribution in [2.75, 3.05) is 11.9 Å². The first-order valence-electron chi connectivity index (χ1n) is 10.5. The van der Waals surface area contributed by atoms with Gasteiger partial charge in [0.05, 0.1) is 33.9 Å². The predicted molar refractivity (Wildman–Crippen MR) is 132 cm³/mol. The van der Waals surface area contributed by atoms with Gasteiger partial charge in [-0.05, 0) is 37.3 Å². The van der Waals surface area contributed by atoms with Crippen LogP contribution in [0.15, 0.2) is 82.5 Å². The number of hydrogen-bond acceptors (Lipinski definition) is 8. The Labute approximate surface area is 203 Å². The molecule has 0 saturated heterocycles. The van der Waals surface area contributed by atoms with Gasteiger partial charge >= 0.3 is 0 Å². The van der Waals surface area contributed by atoms with Gasteiger partial charge in [0.15, 0.2) is 6.61 Å². The third-order valence-corrected chi connectivity index (χ3v) is 6.01. The van der Waals surface area contributed by atoms with E-state index >= 15 is 0 Å². The number of benzene rings is 2. The van der Waals surface area contributed by atoms with Crippen LogP contribution in [0.2, 0.25) is 0 Å². The maximum Gasteiger partial charge on any atom is 0.270 e. The van der Waals surface area contributed by atoms with Gasteiger partial charge in [-0.2, -0.15) is 5.10 Å². The summed E-state index contributed by atoms with van der Waals surface area (Å²) in [6, 6.07) is 15.4. The number of amides is 1. The largest absolute Gasteiger partial charge is 0.482 e. The molecule has 0 saturated carbocycles. The molecule has 1 aliphatic rings. The maximum absolute atomic E-state index is 11.8. The minimum absolute atomic E-state index is 0.0155. The summed E-state index contributed by atoms with van der Waals surface area (Å²) in [5.74, 6) is 0.367. The molecule has 4 aromatic rings. The average molecular weight is 487 g/mol. The Bertz CT molecular complexity index is 1540. The van der Waals surface area contributed by atoms with Crippen LogP contribution < -0.4 is 14.9 Å². The predicted octanol–water partition coefficient (Wildman–Crippen LogP) is 4.36. The number of fused-ring (bicyclic) bond motifs is 1. The van der Waals surface area contributed by atoms with E-state index in [0.29, 0.717) is 33.2 Å². The Hall–Kier alpha value is -4.64. The molecule has 35 heavy (non-hydrogen) atoms. The van der Waals surface area contributed by atoms with E-state index in [1.165, 1.54) is 23.5 Å². The van der Waals surface area contributed by atoms with Gasteiger partial charge in [-0.25, -0.2) is 9.67 Å². The molecule has 0 unspecified atom stereocenters. The van der Waals surface area contributed by atoms with Crippen molar-refractivity contribution in [1.29, 1.82) is 0 Å². The zero-order chi connectivity index (χ0) is 24.4. The molecule has 1 aliphatic heterocycles. The van der Waals surface area contributed by atoms with Crippen LogP contribution >= 0.6 is 11.3 Å². The molecule has 10 nitrogen and oxygen atoms in total. The number of aromatic nitrogens is 2. The summed E-state index contributed by atoms with van der Waals surface area (Å²) >= 11 is 1.38. The molecular weight excluding hydrogens is 468 g/mol. The van der Waals surface area contributed by atoms with Crippen molar-refractivity contribution < 1.29 is 14.5 Å². The summed E-state index contributed by atoms with van der Waals surface area (Å²) in [6.07, 6.45) is 3.31. The van der Waals surface area contributed by atoms with E-state index in [1.54, 1.807) is 48.3 Å². The smallest absolute Gasteiger partial charge is 0.270 e. The van der Waals surface area contributed by atoms with Crippen molar-refractivity contribution in [2.24, 2.45) is 10.1 Å². The van der Waals surface area contributed by atoms with Gasteiger partial charge in [-0.3, -0.25) is 19.9 Å². The molecule has 5 rings (SSSR count). The van der Waals surface area contributed by atoms with Crippen LogP contribution in [0.5, 0.6) is 5.75 Å². The molecule has 0 spiro atoms. The molecular formula is C24H18N6O4S. The van der Waals surface area contributed by atoms with Crippen LogP contribution in [0, 0.1) is 10.1 Å². The van der Waals surface area contributed by atoms with Crippen molar-refractivity contribution in [3.63, 3.8) is 0 Å². The lowest BCUT2D eigenvalue weighted by atomic mass is 10.1. The molecule has 2 aromatic carbocycles. The molecule has 11 heteroatoms. The summed E-state index contributed by atoms with van der Waals surface area (Å²) in [4.78, 5) is 32.0. The maximum atomic E-state index is 11.8. The van der Waals surface area contributed by atoms with Gasteiger partial charge in [0.2, 0.25) is 4.80 Å². The number of hydrogen-bond donors (Lipinski definition) is 1. The van der Waals surface area contributed by atoms with Gasteiger partial charge in [0, 0.05) is 34.8 Å². The zero-order valence-electron chi connectivity index (χ0n) is 18.4. The topological polar surface area (TPSA) is 124 Å². The number of pyridine rings is 1. The summed E-state index contributed by atoms with van der Waals surface area (Å²) in [5.41, 5.74) is 3.90. The number of nitrogens with zero attached hydrogens (tertiary/aromatic N) is 5. The average Bonchev–Trinajstić information content (AvgIpc) is 3.26. The van der Waals surface area contributed by atoms with E-state index in [4.69, 9.17) is 9.84 Å². The van der Waals surface area contributed by atoms with Crippen molar-refractivity contribution in [3.05, 3.63) is 92.9 Å². The van der Waals surface area contributed by atoms with Crippen molar-refractivity contribution in [3.8, 4) is 17.0 Å². The van der Waals surface area contributed by atoms with E-state index in [1.807, 2.05) is 23.6 Å².